The first kappa shape index (κ1) is 20.1. The molecule has 154 valence electrons. The molecule has 0 radical (unpaired) electrons. The molecule has 0 saturated carbocycles. The molecule has 2 amide bonds. The first-order chi connectivity index (χ1) is 14.7. The number of anilines is 1. The number of aromatic nitrogens is 1. The SMILES string of the molecule is O=C(NC(CC(=O)N1CCN(c2nccs2)CC1)c1ccccc1)c1ccccc1. The summed E-state index contributed by atoms with van der Waals surface area (Å²) in [7, 11) is 0. The van der Waals surface area contributed by atoms with Crippen molar-refractivity contribution in [1.29, 1.82) is 0 Å². The zero-order valence-electron chi connectivity index (χ0n) is 16.6. The predicted octanol–water partition coefficient (Wildman–Crippen LogP) is 3.35. The number of hydrogen-bond donors (Lipinski definition) is 1. The monoisotopic (exact) mass is 420 g/mol. The van der Waals surface area contributed by atoms with Crippen molar-refractivity contribution in [1.82, 2.24) is 15.2 Å². The van der Waals surface area contributed by atoms with Crippen molar-refractivity contribution in [2.24, 2.45) is 0 Å². The molecule has 1 fully saturated rings. The van der Waals surface area contributed by atoms with E-state index in [1.807, 2.05) is 58.8 Å². The smallest absolute Gasteiger partial charge is 0.251 e. The average molecular weight is 421 g/mol. The molecule has 1 aromatic heterocycles. The second-order valence-electron chi connectivity index (χ2n) is 7.19. The summed E-state index contributed by atoms with van der Waals surface area (Å²) in [5.74, 6) is -0.123. The molecule has 0 bridgehead atoms. The number of nitrogens with one attached hydrogen (secondary N) is 1. The summed E-state index contributed by atoms with van der Waals surface area (Å²) in [4.78, 5) is 34.2. The summed E-state index contributed by atoms with van der Waals surface area (Å²) in [6.45, 7) is 2.86. The van der Waals surface area contributed by atoms with Crippen molar-refractivity contribution in [2.45, 2.75) is 12.5 Å². The molecule has 2 aromatic carbocycles. The van der Waals surface area contributed by atoms with E-state index in [-0.39, 0.29) is 24.3 Å². The molecule has 2 heterocycles. The number of thiazole rings is 1. The molecule has 3 aromatic rings. The van der Waals surface area contributed by atoms with Gasteiger partial charge in [-0.1, -0.05) is 48.5 Å². The summed E-state index contributed by atoms with van der Waals surface area (Å²) in [6.07, 6.45) is 2.04. The molecular formula is C23H24N4O2S. The summed E-state index contributed by atoms with van der Waals surface area (Å²) in [5.41, 5.74) is 1.51. The van der Waals surface area contributed by atoms with Crippen molar-refractivity contribution in [3.63, 3.8) is 0 Å². The van der Waals surface area contributed by atoms with Gasteiger partial charge in [0.15, 0.2) is 5.13 Å². The number of amides is 2. The Labute approximate surface area is 180 Å². The molecule has 1 aliphatic rings. The highest BCUT2D eigenvalue weighted by Gasteiger charge is 2.26. The highest BCUT2D eigenvalue weighted by Crippen LogP contribution is 2.22. The van der Waals surface area contributed by atoms with Gasteiger partial charge in [-0.15, -0.1) is 11.3 Å². The minimum Gasteiger partial charge on any atom is -0.345 e. The van der Waals surface area contributed by atoms with Crippen LogP contribution in [0.5, 0.6) is 0 Å². The summed E-state index contributed by atoms with van der Waals surface area (Å²) < 4.78 is 0. The summed E-state index contributed by atoms with van der Waals surface area (Å²) in [5, 5.41) is 6.01. The molecule has 4 rings (SSSR count). The topological polar surface area (TPSA) is 65.5 Å². The average Bonchev–Trinajstić information content (AvgIpc) is 3.35. The number of carbonyl (C=O) groups excluding carboxylic acids is 2. The Kier molecular flexibility index (Phi) is 6.39. The summed E-state index contributed by atoms with van der Waals surface area (Å²) >= 11 is 1.62. The van der Waals surface area contributed by atoms with Crippen LogP contribution in [0.1, 0.15) is 28.4 Å². The van der Waals surface area contributed by atoms with Crippen LogP contribution >= 0.6 is 11.3 Å². The molecule has 1 atom stereocenters. The Balaban J connectivity index is 1.41. The number of carbonyl (C=O) groups is 2. The normalized spacial score (nSPS) is 14.9. The van der Waals surface area contributed by atoms with E-state index in [1.54, 1.807) is 29.7 Å². The number of rotatable bonds is 6. The van der Waals surface area contributed by atoms with E-state index >= 15 is 0 Å². The van der Waals surface area contributed by atoms with Crippen molar-refractivity contribution in [2.75, 3.05) is 31.1 Å². The molecule has 0 aliphatic carbocycles. The van der Waals surface area contributed by atoms with E-state index in [0.29, 0.717) is 18.7 Å². The van der Waals surface area contributed by atoms with Gasteiger partial charge in [0.25, 0.3) is 5.91 Å². The van der Waals surface area contributed by atoms with Gasteiger partial charge in [-0.05, 0) is 17.7 Å². The Bertz CT molecular complexity index is 955. The maximum absolute atomic E-state index is 13.0. The number of nitrogens with zero attached hydrogens (tertiary/aromatic N) is 3. The standard InChI is InChI=1S/C23H24N4O2S/c28-21(26-12-14-27(15-13-26)23-24-11-16-30-23)17-20(18-7-3-1-4-8-18)25-22(29)19-9-5-2-6-10-19/h1-11,16,20H,12-15,17H2,(H,25,29). The zero-order chi connectivity index (χ0) is 20.8. The molecule has 1 unspecified atom stereocenters. The van der Waals surface area contributed by atoms with E-state index in [1.165, 1.54) is 0 Å². The number of piperazine rings is 1. The third kappa shape index (κ3) is 4.86. The Morgan fingerprint density at radius 2 is 1.63 bits per heavy atom. The fourth-order valence-corrected chi connectivity index (χ4v) is 4.29. The van der Waals surface area contributed by atoms with E-state index in [2.05, 4.69) is 15.2 Å². The van der Waals surface area contributed by atoms with Crippen LogP contribution in [0.25, 0.3) is 0 Å². The molecule has 6 nitrogen and oxygen atoms in total. The van der Waals surface area contributed by atoms with E-state index in [0.717, 1.165) is 23.8 Å². The van der Waals surface area contributed by atoms with Gasteiger partial charge < -0.3 is 15.1 Å². The second-order valence-corrected chi connectivity index (χ2v) is 8.06. The van der Waals surface area contributed by atoms with Gasteiger partial charge in [-0.25, -0.2) is 4.98 Å². The third-order valence-corrected chi connectivity index (χ3v) is 6.08. The van der Waals surface area contributed by atoms with Crippen LogP contribution in [0.4, 0.5) is 5.13 Å². The van der Waals surface area contributed by atoms with Crippen molar-refractivity contribution >= 4 is 28.3 Å². The van der Waals surface area contributed by atoms with Crippen LogP contribution in [-0.2, 0) is 4.79 Å². The highest BCUT2D eigenvalue weighted by atomic mass is 32.1. The maximum Gasteiger partial charge on any atom is 0.251 e. The summed E-state index contributed by atoms with van der Waals surface area (Å²) in [6, 6.07) is 18.4. The Morgan fingerprint density at radius 1 is 0.967 bits per heavy atom. The molecular weight excluding hydrogens is 396 g/mol. The van der Waals surface area contributed by atoms with Crippen molar-refractivity contribution in [3.05, 3.63) is 83.4 Å². The van der Waals surface area contributed by atoms with Gasteiger partial charge in [0.1, 0.15) is 0 Å². The minimum absolute atomic E-state index is 0.0519. The lowest BCUT2D eigenvalue weighted by Crippen LogP contribution is -2.49. The van der Waals surface area contributed by atoms with Crippen LogP contribution < -0.4 is 10.2 Å². The van der Waals surface area contributed by atoms with Crippen LogP contribution in [0.2, 0.25) is 0 Å². The molecule has 1 N–H and O–H groups in total. The van der Waals surface area contributed by atoms with E-state index in [4.69, 9.17) is 0 Å². The molecule has 7 heteroatoms. The van der Waals surface area contributed by atoms with Gasteiger partial charge in [0.05, 0.1) is 12.5 Å². The highest BCUT2D eigenvalue weighted by molar-refractivity contribution is 7.13. The van der Waals surface area contributed by atoms with E-state index < -0.39 is 0 Å². The first-order valence-corrected chi connectivity index (χ1v) is 10.9. The molecule has 0 spiro atoms. The predicted molar refractivity (Wildman–Crippen MR) is 119 cm³/mol. The quantitative estimate of drug-likeness (QED) is 0.664. The van der Waals surface area contributed by atoms with Gasteiger partial charge in [0, 0.05) is 43.3 Å². The molecule has 1 aliphatic heterocycles. The Hall–Kier alpha value is -3.19. The molecule has 30 heavy (non-hydrogen) atoms. The zero-order valence-corrected chi connectivity index (χ0v) is 17.4. The number of benzene rings is 2. The number of hydrogen-bond acceptors (Lipinski definition) is 5. The van der Waals surface area contributed by atoms with Crippen molar-refractivity contribution in [3.8, 4) is 0 Å². The van der Waals surface area contributed by atoms with Crippen LogP contribution in [-0.4, -0.2) is 47.9 Å². The van der Waals surface area contributed by atoms with Crippen LogP contribution in [0.15, 0.2) is 72.2 Å². The van der Waals surface area contributed by atoms with Crippen LogP contribution in [0, 0.1) is 0 Å². The molecule has 1 saturated heterocycles. The minimum atomic E-state index is -0.372. The lowest BCUT2D eigenvalue weighted by Gasteiger charge is -2.35. The van der Waals surface area contributed by atoms with Crippen LogP contribution in [0.3, 0.4) is 0 Å². The lowest BCUT2D eigenvalue weighted by atomic mass is 10.0. The van der Waals surface area contributed by atoms with E-state index in [9.17, 15) is 9.59 Å². The van der Waals surface area contributed by atoms with Gasteiger partial charge >= 0.3 is 0 Å². The van der Waals surface area contributed by atoms with Gasteiger partial charge in [-0.2, -0.15) is 0 Å². The Morgan fingerprint density at radius 3 is 2.27 bits per heavy atom. The second kappa shape index (κ2) is 9.54. The van der Waals surface area contributed by atoms with Gasteiger partial charge in [0.2, 0.25) is 5.91 Å². The lowest BCUT2D eigenvalue weighted by molar-refractivity contribution is -0.132. The van der Waals surface area contributed by atoms with Gasteiger partial charge in [-0.3, -0.25) is 9.59 Å². The van der Waals surface area contributed by atoms with Crippen molar-refractivity contribution < 1.29 is 9.59 Å². The fraction of sp³-hybridized carbons (Fsp3) is 0.261. The largest absolute Gasteiger partial charge is 0.345 e. The fourth-order valence-electron chi connectivity index (χ4n) is 3.59. The maximum atomic E-state index is 13.0. The third-order valence-electron chi connectivity index (χ3n) is 5.24. The first-order valence-electron chi connectivity index (χ1n) is 10.0.